The molecule has 0 unspecified atom stereocenters. The first-order valence-corrected chi connectivity index (χ1v) is 6.94. The van der Waals surface area contributed by atoms with Crippen molar-refractivity contribution in [2.24, 2.45) is 5.92 Å². The molecule has 0 atom stereocenters. The number of nitrogens with one attached hydrogen (secondary N) is 1. The molecule has 0 amide bonds. The van der Waals surface area contributed by atoms with Gasteiger partial charge in [0, 0.05) is 20.6 Å². The maximum absolute atomic E-state index is 12.1. The van der Waals surface area contributed by atoms with Crippen LogP contribution in [0.3, 0.4) is 0 Å². The highest BCUT2D eigenvalue weighted by atomic mass is 32.2. The first-order chi connectivity index (χ1) is 8.04. The van der Waals surface area contributed by atoms with E-state index in [0.29, 0.717) is 18.4 Å². The van der Waals surface area contributed by atoms with Gasteiger partial charge in [0.15, 0.2) is 0 Å². The highest BCUT2D eigenvalue weighted by Gasteiger charge is 2.29. The summed E-state index contributed by atoms with van der Waals surface area (Å²) in [7, 11) is -0.158. The Morgan fingerprint density at radius 2 is 2.00 bits per heavy atom. The Morgan fingerprint density at radius 1 is 1.41 bits per heavy atom. The second-order valence-corrected chi connectivity index (χ2v) is 6.27. The van der Waals surface area contributed by atoms with Crippen LogP contribution in [0.2, 0.25) is 0 Å². The zero-order chi connectivity index (χ0) is 12.5. The smallest absolute Gasteiger partial charge is 0.245 e. The molecule has 7 heteroatoms. The van der Waals surface area contributed by atoms with Gasteiger partial charge in [-0.3, -0.25) is 0 Å². The molecule has 0 spiro atoms. The van der Waals surface area contributed by atoms with E-state index in [1.807, 2.05) is 0 Å². The molecular formula is C10H16N4O2S. The van der Waals surface area contributed by atoms with Crippen LogP contribution in [0, 0.1) is 5.92 Å². The van der Waals surface area contributed by atoms with Crippen molar-refractivity contribution in [3.8, 4) is 0 Å². The summed E-state index contributed by atoms with van der Waals surface area (Å²) in [5.41, 5.74) is 0. The van der Waals surface area contributed by atoms with Crippen molar-refractivity contribution in [2.45, 2.75) is 17.7 Å². The van der Waals surface area contributed by atoms with Crippen LogP contribution in [0.4, 0.5) is 5.95 Å². The Labute approximate surface area is 101 Å². The van der Waals surface area contributed by atoms with Crippen LogP contribution in [0.5, 0.6) is 0 Å². The van der Waals surface area contributed by atoms with E-state index in [1.165, 1.54) is 16.7 Å². The lowest BCUT2D eigenvalue weighted by Crippen LogP contribution is -2.29. The van der Waals surface area contributed by atoms with E-state index in [-0.39, 0.29) is 4.90 Å². The van der Waals surface area contributed by atoms with Crippen LogP contribution in [-0.4, -0.2) is 43.3 Å². The minimum absolute atomic E-state index is 0.139. The number of hydrogen-bond acceptors (Lipinski definition) is 5. The summed E-state index contributed by atoms with van der Waals surface area (Å²) in [6.07, 6.45) is 4.90. The monoisotopic (exact) mass is 256 g/mol. The maximum atomic E-state index is 12.1. The zero-order valence-corrected chi connectivity index (χ0v) is 10.7. The Hall–Kier alpha value is -1.21. The van der Waals surface area contributed by atoms with Crippen molar-refractivity contribution in [1.82, 2.24) is 14.3 Å². The van der Waals surface area contributed by atoms with Crippen LogP contribution in [0.25, 0.3) is 0 Å². The van der Waals surface area contributed by atoms with Crippen molar-refractivity contribution < 1.29 is 8.42 Å². The van der Waals surface area contributed by atoms with Gasteiger partial charge in [-0.2, -0.15) is 0 Å². The summed E-state index contributed by atoms with van der Waals surface area (Å²) in [4.78, 5) is 7.96. The van der Waals surface area contributed by atoms with Crippen LogP contribution in [0.1, 0.15) is 12.8 Å². The van der Waals surface area contributed by atoms with Crippen LogP contribution >= 0.6 is 0 Å². The van der Waals surface area contributed by atoms with Crippen LogP contribution in [-0.2, 0) is 10.0 Å². The van der Waals surface area contributed by atoms with Gasteiger partial charge in [-0.05, 0) is 18.8 Å². The number of rotatable bonds is 5. The SMILES string of the molecule is CNc1ncc(S(=O)(=O)N(C)CC2CC2)cn1. The molecule has 94 valence electrons. The van der Waals surface area contributed by atoms with E-state index in [1.54, 1.807) is 14.1 Å². The number of sulfonamides is 1. The summed E-state index contributed by atoms with van der Waals surface area (Å²) in [5, 5.41) is 2.75. The van der Waals surface area contributed by atoms with Crippen molar-refractivity contribution >= 4 is 16.0 Å². The molecule has 1 aliphatic rings. The number of aromatic nitrogens is 2. The Morgan fingerprint density at radius 3 is 2.47 bits per heavy atom. The normalized spacial score (nSPS) is 16.2. The Balaban J connectivity index is 2.17. The van der Waals surface area contributed by atoms with Crippen molar-refractivity contribution in [1.29, 1.82) is 0 Å². The van der Waals surface area contributed by atoms with E-state index < -0.39 is 10.0 Å². The molecule has 1 aromatic rings. The van der Waals surface area contributed by atoms with Gasteiger partial charge in [0.05, 0.1) is 12.4 Å². The number of anilines is 1. The molecule has 6 nitrogen and oxygen atoms in total. The molecule has 0 aromatic carbocycles. The second-order valence-electron chi connectivity index (χ2n) is 4.22. The molecule has 0 saturated heterocycles. The third-order valence-corrected chi connectivity index (χ3v) is 4.55. The van der Waals surface area contributed by atoms with E-state index >= 15 is 0 Å². The van der Waals surface area contributed by atoms with Gasteiger partial charge in [0.2, 0.25) is 16.0 Å². The molecule has 1 fully saturated rings. The minimum atomic E-state index is -3.44. The topological polar surface area (TPSA) is 75.2 Å². The zero-order valence-electron chi connectivity index (χ0n) is 9.92. The average molecular weight is 256 g/mol. The molecule has 1 aromatic heterocycles. The Kier molecular flexibility index (Phi) is 3.30. The fourth-order valence-corrected chi connectivity index (χ4v) is 2.66. The molecular weight excluding hydrogens is 240 g/mol. The van der Waals surface area contributed by atoms with E-state index in [9.17, 15) is 8.42 Å². The first-order valence-electron chi connectivity index (χ1n) is 5.50. The van der Waals surface area contributed by atoms with Crippen molar-refractivity contribution in [3.05, 3.63) is 12.4 Å². The predicted octanol–water partition coefficient (Wildman–Crippen LogP) is 0.549. The quantitative estimate of drug-likeness (QED) is 0.832. The summed E-state index contributed by atoms with van der Waals surface area (Å²) in [6, 6.07) is 0. The fourth-order valence-electron chi connectivity index (χ4n) is 1.52. The predicted molar refractivity (Wildman–Crippen MR) is 64.1 cm³/mol. The third kappa shape index (κ3) is 2.73. The van der Waals surface area contributed by atoms with Crippen LogP contribution < -0.4 is 5.32 Å². The summed E-state index contributed by atoms with van der Waals surface area (Å²) < 4.78 is 25.6. The lowest BCUT2D eigenvalue weighted by Gasteiger charge is -2.16. The number of nitrogens with zero attached hydrogens (tertiary/aromatic N) is 3. The van der Waals surface area contributed by atoms with Crippen molar-refractivity contribution in [2.75, 3.05) is 26.0 Å². The summed E-state index contributed by atoms with van der Waals surface area (Å²) in [5.74, 6) is 0.932. The minimum Gasteiger partial charge on any atom is -0.357 e. The summed E-state index contributed by atoms with van der Waals surface area (Å²) >= 11 is 0. The maximum Gasteiger partial charge on any atom is 0.245 e. The standard InChI is InChI=1S/C10H16N4O2S/c1-11-10-12-5-9(6-13-10)17(15,16)14(2)7-8-3-4-8/h5-6,8H,3-4,7H2,1-2H3,(H,11,12,13). The van der Waals surface area contributed by atoms with Crippen molar-refractivity contribution in [3.63, 3.8) is 0 Å². The van der Waals surface area contributed by atoms with Gasteiger partial charge in [0.25, 0.3) is 0 Å². The average Bonchev–Trinajstić information content (AvgIpc) is 3.13. The molecule has 0 bridgehead atoms. The molecule has 1 N–H and O–H groups in total. The lowest BCUT2D eigenvalue weighted by molar-refractivity contribution is 0.452. The van der Waals surface area contributed by atoms with Gasteiger partial charge in [-0.25, -0.2) is 22.7 Å². The largest absolute Gasteiger partial charge is 0.357 e. The molecule has 0 radical (unpaired) electrons. The van der Waals surface area contributed by atoms with Gasteiger partial charge in [-0.1, -0.05) is 0 Å². The molecule has 1 heterocycles. The fraction of sp³-hybridized carbons (Fsp3) is 0.600. The lowest BCUT2D eigenvalue weighted by atomic mass is 10.4. The van der Waals surface area contributed by atoms with E-state index in [2.05, 4.69) is 15.3 Å². The molecule has 2 rings (SSSR count). The van der Waals surface area contributed by atoms with E-state index in [4.69, 9.17) is 0 Å². The van der Waals surface area contributed by atoms with Gasteiger partial charge in [0.1, 0.15) is 4.90 Å². The third-order valence-electron chi connectivity index (χ3n) is 2.77. The van der Waals surface area contributed by atoms with Gasteiger partial charge < -0.3 is 5.32 Å². The number of hydrogen-bond donors (Lipinski definition) is 1. The highest BCUT2D eigenvalue weighted by molar-refractivity contribution is 7.89. The second kappa shape index (κ2) is 4.58. The highest BCUT2D eigenvalue weighted by Crippen LogP contribution is 2.30. The summed E-state index contributed by atoms with van der Waals surface area (Å²) in [6.45, 7) is 0.579. The van der Waals surface area contributed by atoms with Crippen LogP contribution in [0.15, 0.2) is 17.3 Å². The first kappa shape index (κ1) is 12.3. The molecule has 0 aliphatic heterocycles. The molecule has 17 heavy (non-hydrogen) atoms. The van der Waals surface area contributed by atoms with E-state index in [0.717, 1.165) is 12.8 Å². The molecule has 1 aliphatic carbocycles. The van der Waals surface area contributed by atoms with Gasteiger partial charge >= 0.3 is 0 Å². The Bertz CT molecular complexity index is 482. The van der Waals surface area contributed by atoms with Gasteiger partial charge in [-0.15, -0.1) is 0 Å². The molecule has 1 saturated carbocycles.